The van der Waals surface area contributed by atoms with E-state index in [0.717, 1.165) is 31.5 Å². The zero-order chi connectivity index (χ0) is 13.4. The van der Waals surface area contributed by atoms with Gasteiger partial charge in [-0.25, -0.2) is 0 Å². The van der Waals surface area contributed by atoms with Crippen molar-refractivity contribution in [2.75, 3.05) is 13.2 Å². The van der Waals surface area contributed by atoms with Crippen molar-refractivity contribution >= 4 is 0 Å². The third kappa shape index (κ3) is 4.03. The van der Waals surface area contributed by atoms with Crippen LogP contribution in [0.2, 0.25) is 0 Å². The van der Waals surface area contributed by atoms with Crippen molar-refractivity contribution in [3.63, 3.8) is 0 Å². The molecule has 102 valence electrons. The number of hydrogen-bond donors (Lipinski definition) is 2. The van der Waals surface area contributed by atoms with Crippen LogP contribution in [0.15, 0.2) is 18.6 Å². The van der Waals surface area contributed by atoms with Gasteiger partial charge >= 0.3 is 0 Å². The van der Waals surface area contributed by atoms with Gasteiger partial charge in [-0.3, -0.25) is 9.97 Å². The summed E-state index contributed by atoms with van der Waals surface area (Å²) in [5.41, 5.74) is 1.15. The molecule has 1 aromatic heterocycles. The predicted octanol–water partition coefficient (Wildman–Crippen LogP) is 2.32. The first-order valence-corrected chi connectivity index (χ1v) is 6.77. The maximum atomic E-state index is 9.20. The highest BCUT2D eigenvalue weighted by Gasteiger charge is 2.26. The fraction of sp³-hybridized carbons (Fsp3) is 0.714. The van der Waals surface area contributed by atoms with Crippen molar-refractivity contribution in [2.24, 2.45) is 5.41 Å². The van der Waals surface area contributed by atoms with Crippen LogP contribution in [0.5, 0.6) is 0 Å². The van der Waals surface area contributed by atoms with Gasteiger partial charge in [-0.2, -0.15) is 0 Å². The van der Waals surface area contributed by atoms with E-state index >= 15 is 0 Å². The van der Waals surface area contributed by atoms with Crippen molar-refractivity contribution in [3.8, 4) is 0 Å². The van der Waals surface area contributed by atoms with Crippen LogP contribution in [0.3, 0.4) is 0 Å². The molecule has 0 radical (unpaired) electrons. The Bertz CT molecular complexity index is 325. The smallest absolute Gasteiger partial charge is 0.0753 e. The van der Waals surface area contributed by atoms with Crippen LogP contribution >= 0.6 is 0 Å². The molecule has 0 bridgehead atoms. The Morgan fingerprint density at radius 2 is 2.06 bits per heavy atom. The van der Waals surface area contributed by atoms with Gasteiger partial charge in [0, 0.05) is 37.8 Å². The molecule has 4 heteroatoms. The van der Waals surface area contributed by atoms with E-state index in [1.165, 1.54) is 0 Å². The molecule has 0 aromatic carbocycles. The Kier molecular flexibility index (Phi) is 6.22. The zero-order valence-electron chi connectivity index (χ0n) is 11.7. The highest BCUT2D eigenvalue weighted by atomic mass is 16.3. The normalized spacial score (nSPS) is 13.6. The summed E-state index contributed by atoms with van der Waals surface area (Å²) >= 11 is 0. The summed E-state index contributed by atoms with van der Waals surface area (Å²) in [6.45, 7) is 7.63. The molecular formula is C14H25N3O. The number of hydrogen-bond acceptors (Lipinski definition) is 4. The summed E-state index contributed by atoms with van der Waals surface area (Å²) in [6, 6.07) is 0.190. The summed E-state index contributed by atoms with van der Waals surface area (Å²) in [5.74, 6) is 0. The van der Waals surface area contributed by atoms with E-state index in [0.29, 0.717) is 0 Å². The monoisotopic (exact) mass is 251 g/mol. The van der Waals surface area contributed by atoms with Crippen LogP contribution in [-0.4, -0.2) is 28.2 Å². The molecule has 0 aliphatic heterocycles. The SMILES string of the molecule is CCC(CC)(CCO)CNC(C)c1cnccn1. The molecule has 0 spiro atoms. The van der Waals surface area contributed by atoms with Gasteiger partial charge in [0.05, 0.1) is 5.69 Å². The van der Waals surface area contributed by atoms with E-state index in [1.807, 2.05) is 0 Å². The minimum atomic E-state index is 0.186. The predicted molar refractivity (Wildman–Crippen MR) is 73.2 cm³/mol. The standard InChI is InChI=1S/C14H25N3O/c1-4-14(5-2,6-9-18)11-17-12(3)13-10-15-7-8-16-13/h7-8,10,12,17-18H,4-6,9,11H2,1-3H3. The van der Waals surface area contributed by atoms with E-state index in [4.69, 9.17) is 0 Å². The van der Waals surface area contributed by atoms with Crippen LogP contribution in [-0.2, 0) is 0 Å². The molecule has 1 rings (SSSR count). The number of aliphatic hydroxyl groups excluding tert-OH is 1. The van der Waals surface area contributed by atoms with Gasteiger partial charge in [0.1, 0.15) is 0 Å². The first-order chi connectivity index (χ1) is 8.67. The fourth-order valence-corrected chi connectivity index (χ4v) is 2.19. The molecule has 1 unspecified atom stereocenters. The third-order valence-electron chi connectivity index (χ3n) is 3.95. The van der Waals surface area contributed by atoms with Gasteiger partial charge in [0.25, 0.3) is 0 Å². The van der Waals surface area contributed by atoms with E-state index in [1.54, 1.807) is 18.6 Å². The molecule has 0 aliphatic carbocycles. The summed E-state index contributed by atoms with van der Waals surface area (Å²) in [5, 5.41) is 12.7. The van der Waals surface area contributed by atoms with Crippen molar-refractivity contribution in [1.29, 1.82) is 0 Å². The Morgan fingerprint density at radius 3 is 2.56 bits per heavy atom. The summed E-state index contributed by atoms with van der Waals surface area (Å²) in [4.78, 5) is 8.39. The first kappa shape index (κ1) is 15.1. The van der Waals surface area contributed by atoms with Crippen LogP contribution in [0.1, 0.15) is 51.8 Å². The number of rotatable bonds is 8. The fourth-order valence-electron chi connectivity index (χ4n) is 2.19. The molecule has 1 heterocycles. The van der Waals surface area contributed by atoms with Gasteiger partial charge in [-0.1, -0.05) is 13.8 Å². The van der Waals surface area contributed by atoms with Crippen molar-refractivity contribution in [3.05, 3.63) is 24.3 Å². The van der Waals surface area contributed by atoms with Gasteiger partial charge in [0.2, 0.25) is 0 Å². The second-order valence-electron chi connectivity index (χ2n) is 4.91. The maximum absolute atomic E-state index is 9.20. The molecular weight excluding hydrogens is 226 g/mol. The molecule has 0 saturated heterocycles. The molecule has 18 heavy (non-hydrogen) atoms. The lowest BCUT2D eigenvalue weighted by molar-refractivity contribution is 0.160. The lowest BCUT2D eigenvalue weighted by atomic mass is 9.79. The highest BCUT2D eigenvalue weighted by molar-refractivity contribution is 5.00. The molecule has 1 aromatic rings. The molecule has 0 saturated carbocycles. The van der Waals surface area contributed by atoms with Gasteiger partial charge in [-0.05, 0) is 31.6 Å². The summed E-state index contributed by atoms with van der Waals surface area (Å²) < 4.78 is 0. The molecule has 0 fully saturated rings. The van der Waals surface area contributed by atoms with E-state index < -0.39 is 0 Å². The number of aliphatic hydroxyl groups is 1. The van der Waals surface area contributed by atoms with E-state index in [2.05, 4.69) is 36.1 Å². The van der Waals surface area contributed by atoms with E-state index in [9.17, 15) is 5.11 Å². The molecule has 0 amide bonds. The average molecular weight is 251 g/mol. The number of aromatic nitrogens is 2. The van der Waals surface area contributed by atoms with Crippen LogP contribution in [0.4, 0.5) is 0 Å². The van der Waals surface area contributed by atoms with Gasteiger partial charge in [-0.15, -0.1) is 0 Å². The maximum Gasteiger partial charge on any atom is 0.0753 e. The minimum Gasteiger partial charge on any atom is -0.396 e. The largest absolute Gasteiger partial charge is 0.396 e. The van der Waals surface area contributed by atoms with E-state index in [-0.39, 0.29) is 18.1 Å². The zero-order valence-corrected chi connectivity index (χ0v) is 11.7. The second-order valence-corrected chi connectivity index (χ2v) is 4.91. The number of nitrogens with one attached hydrogen (secondary N) is 1. The van der Waals surface area contributed by atoms with Crippen LogP contribution < -0.4 is 5.32 Å². The molecule has 1 atom stereocenters. The Hall–Kier alpha value is -1.00. The molecule has 0 aliphatic rings. The van der Waals surface area contributed by atoms with Crippen LogP contribution in [0.25, 0.3) is 0 Å². The van der Waals surface area contributed by atoms with Crippen LogP contribution in [0, 0.1) is 5.41 Å². The van der Waals surface area contributed by atoms with Crippen molar-refractivity contribution < 1.29 is 5.11 Å². The van der Waals surface area contributed by atoms with Crippen molar-refractivity contribution in [2.45, 2.75) is 46.1 Å². The second kappa shape index (κ2) is 7.44. The first-order valence-electron chi connectivity index (χ1n) is 6.77. The minimum absolute atomic E-state index is 0.186. The number of nitrogens with zero attached hydrogens (tertiary/aromatic N) is 2. The highest BCUT2D eigenvalue weighted by Crippen LogP contribution is 2.30. The summed E-state index contributed by atoms with van der Waals surface area (Å²) in [6.07, 6.45) is 8.19. The van der Waals surface area contributed by atoms with Crippen molar-refractivity contribution in [1.82, 2.24) is 15.3 Å². The Balaban J connectivity index is 2.57. The van der Waals surface area contributed by atoms with Gasteiger partial charge < -0.3 is 10.4 Å². The molecule has 4 nitrogen and oxygen atoms in total. The lowest BCUT2D eigenvalue weighted by Gasteiger charge is -2.32. The van der Waals surface area contributed by atoms with Gasteiger partial charge in [0.15, 0.2) is 0 Å². The Labute approximate surface area is 110 Å². The molecule has 2 N–H and O–H groups in total. The quantitative estimate of drug-likeness (QED) is 0.744. The Morgan fingerprint density at radius 1 is 1.33 bits per heavy atom. The average Bonchev–Trinajstić information content (AvgIpc) is 2.44. The lowest BCUT2D eigenvalue weighted by Crippen LogP contribution is -2.36. The topological polar surface area (TPSA) is 58.0 Å². The summed E-state index contributed by atoms with van der Waals surface area (Å²) in [7, 11) is 0. The third-order valence-corrected chi connectivity index (χ3v) is 3.95.